The van der Waals surface area contributed by atoms with Crippen molar-refractivity contribution in [3.8, 4) is 6.07 Å². The Labute approximate surface area is 131 Å². The van der Waals surface area contributed by atoms with E-state index in [-0.39, 0.29) is 5.00 Å². The van der Waals surface area contributed by atoms with Gasteiger partial charge in [0.15, 0.2) is 11.1 Å². The molecular formula is C12H11N2O8S+. The first kappa shape index (κ1) is 17.9. The molecule has 11 heteroatoms. The van der Waals surface area contributed by atoms with E-state index in [2.05, 4.69) is 0 Å². The molecule has 1 aromatic heterocycles. The van der Waals surface area contributed by atoms with Crippen molar-refractivity contribution in [3.05, 3.63) is 16.0 Å². The van der Waals surface area contributed by atoms with Crippen LogP contribution in [-0.4, -0.2) is 57.4 Å². The lowest BCUT2D eigenvalue weighted by Gasteiger charge is -2.16. The second-order valence-corrected chi connectivity index (χ2v) is 6.08. The molecule has 0 saturated heterocycles. The molecule has 0 aromatic carbocycles. The van der Waals surface area contributed by atoms with Gasteiger partial charge in [0.1, 0.15) is 25.4 Å². The molecule has 1 rings (SSSR count). The molecular weight excluding hydrogens is 332 g/mol. The minimum absolute atomic E-state index is 0.216. The number of anilines is 1. The van der Waals surface area contributed by atoms with Crippen LogP contribution in [0.3, 0.4) is 0 Å². The Balaban J connectivity index is 3.73. The number of aliphatic carboxylic acids is 2. The smallest absolute Gasteiger partial charge is 0.390 e. The summed E-state index contributed by atoms with van der Waals surface area (Å²) in [5.41, 5.74) is -1.29. The van der Waals surface area contributed by atoms with Gasteiger partial charge in [0.2, 0.25) is 0 Å². The maximum atomic E-state index is 11.3. The molecule has 0 bridgehead atoms. The van der Waals surface area contributed by atoms with Crippen LogP contribution in [0.25, 0.3) is 0 Å². The SMILES string of the molecule is C[s+]1c(C(=O)O)c(C(=O)O)c(C#N)c1N(CC(=O)O)CC(=O)O. The Morgan fingerprint density at radius 3 is 1.83 bits per heavy atom. The second-order valence-electron chi connectivity index (χ2n) is 4.26. The normalized spacial score (nSPS) is 10.7. The van der Waals surface area contributed by atoms with E-state index in [0.717, 1.165) is 4.90 Å². The minimum atomic E-state index is -1.65. The highest BCUT2D eigenvalue weighted by Gasteiger charge is 2.41. The molecule has 0 aliphatic rings. The van der Waals surface area contributed by atoms with Crippen molar-refractivity contribution in [2.75, 3.05) is 18.0 Å². The van der Waals surface area contributed by atoms with Crippen LogP contribution in [0.15, 0.2) is 0 Å². The average molecular weight is 343 g/mol. The van der Waals surface area contributed by atoms with Gasteiger partial charge in [-0.1, -0.05) is 0 Å². The Morgan fingerprint density at radius 2 is 1.52 bits per heavy atom. The zero-order valence-corrected chi connectivity index (χ0v) is 12.5. The van der Waals surface area contributed by atoms with Gasteiger partial charge in [-0.3, -0.25) is 9.59 Å². The summed E-state index contributed by atoms with van der Waals surface area (Å²) in [5.74, 6) is -6.04. The number of rotatable bonds is 7. The lowest BCUT2D eigenvalue weighted by Crippen LogP contribution is -2.34. The highest BCUT2D eigenvalue weighted by molar-refractivity contribution is 7.35. The number of nitrogens with zero attached hydrogens (tertiary/aromatic N) is 2. The largest absolute Gasteiger partial charge is 0.480 e. The number of carboxylic acid groups (broad SMARTS) is 4. The molecule has 0 amide bonds. The van der Waals surface area contributed by atoms with Crippen LogP contribution in [0.5, 0.6) is 0 Å². The van der Waals surface area contributed by atoms with Gasteiger partial charge >= 0.3 is 23.9 Å². The van der Waals surface area contributed by atoms with Crippen LogP contribution < -0.4 is 4.90 Å². The molecule has 1 heterocycles. The summed E-state index contributed by atoms with van der Waals surface area (Å²) >= 11 is 0. The van der Waals surface area contributed by atoms with Gasteiger partial charge in [-0.2, -0.15) is 5.26 Å². The van der Waals surface area contributed by atoms with Crippen molar-refractivity contribution in [1.29, 1.82) is 5.26 Å². The van der Waals surface area contributed by atoms with E-state index in [9.17, 15) is 29.5 Å². The molecule has 0 spiro atoms. The molecule has 10 nitrogen and oxygen atoms in total. The number of nitriles is 1. The predicted octanol–water partition coefficient (Wildman–Crippen LogP) is 0.216. The van der Waals surface area contributed by atoms with E-state index in [0.29, 0.717) is 0 Å². The van der Waals surface area contributed by atoms with E-state index in [1.54, 1.807) is 6.07 Å². The second kappa shape index (κ2) is 6.75. The maximum absolute atomic E-state index is 11.3. The summed E-state index contributed by atoms with van der Waals surface area (Å²) < 4.78 is 0. The topological polar surface area (TPSA) is 176 Å². The van der Waals surface area contributed by atoms with Gasteiger partial charge in [-0.25, -0.2) is 9.59 Å². The van der Waals surface area contributed by atoms with Crippen LogP contribution >= 0.6 is 10.5 Å². The van der Waals surface area contributed by atoms with Crippen molar-refractivity contribution in [1.82, 2.24) is 0 Å². The Kier molecular flexibility index (Phi) is 5.26. The van der Waals surface area contributed by atoms with E-state index < -0.39 is 63.4 Å². The fraction of sp³-hybridized carbons (Fsp3) is 0.250. The van der Waals surface area contributed by atoms with E-state index >= 15 is 0 Å². The number of carbonyl (C=O) groups is 4. The van der Waals surface area contributed by atoms with Crippen LogP contribution in [-0.2, 0) is 15.8 Å². The Bertz CT molecular complexity index is 729. The third-order valence-corrected chi connectivity index (χ3v) is 4.78. The molecule has 4 N–H and O–H groups in total. The molecule has 122 valence electrons. The fourth-order valence-corrected chi connectivity index (χ4v) is 3.97. The third-order valence-electron chi connectivity index (χ3n) is 2.75. The lowest BCUT2D eigenvalue weighted by molar-refractivity contribution is -0.136. The molecule has 0 aliphatic heterocycles. The summed E-state index contributed by atoms with van der Waals surface area (Å²) in [4.78, 5) is 44.6. The molecule has 0 aliphatic carbocycles. The van der Waals surface area contributed by atoms with Crippen molar-refractivity contribution < 1.29 is 39.6 Å². The number of hydrogen-bond donors (Lipinski definition) is 4. The van der Waals surface area contributed by atoms with Crippen LogP contribution in [0.1, 0.15) is 25.6 Å². The Hall–Kier alpha value is -3.13. The van der Waals surface area contributed by atoms with Gasteiger partial charge in [-0.15, -0.1) is 0 Å². The molecule has 23 heavy (non-hydrogen) atoms. The fourth-order valence-electron chi connectivity index (χ4n) is 2.05. The lowest BCUT2D eigenvalue weighted by atomic mass is 10.1. The highest BCUT2D eigenvalue weighted by Crippen LogP contribution is 2.43. The number of thiophene rings is 1. The summed E-state index contributed by atoms with van der Waals surface area (Å²) in [6.45, 7) is -1.63. The predicted molar refractivity (Wildman–Crippen MR) is 76.0 cm³/mol. The summed E-state index contributed by atoms with van der Waals surface area (Å²) in [7, 11) is -1.47. The highest BCUT2D eigenvalue weighted by atomic mass is 32.2. The first-order chi connectivity index (χ1) is 10.6. The molecule has 1 unspecified atom stereocenters. The number of carboxylic acids is 4. The average Bonchev–Trinajstić information content (AvgIpc) is 2.69. The van der Waals surface area contributed by atoms with Gasteiger partial charge in [-0.05, 0) is 0 Å². The molecule has 0 radical (unpaired) electrons. The van der Waals surface area contributed by atoms with E-state index in [4.69, 9.17) is 15.3 Å². The zero-order chi connectivity index (χ0) is 17.9. The maximum Gasteiger partial charge on any atom is 0.390 e. The monoisotopic (exact) mass is 343 g/mol. The Morgan fingerprint density at radius 1 is 1.04 bits per heavy atom. The summed E-state index contributed by atoms with van der Waals surface area (Å²) in [5, 5.41) is 45.0. The van der Waals surface area contributed by atoms with E-state index in [1.807, 2.05) is 0 Å². The molecule has 1 atom stereocenters. The summed E-state index contributed by atoms with van der Waals surface area (Å²) in [6, 6.07) is 1.54. The van der Waals surface area contributed by atoms with Crippen LogP contribution in [0.2, 0.25) is 0 Å². The van der Waals surface area contributed by atoms with Crippen LogP contribution in [0, 0.1) is 11.3 Å². The van der Waals surface area contributed by atoms with E-state index in [1.165, 1.54) is 6.26 Å². The molecule has 1 aromatic rings. The van der Waals surface area contributed by atoms with Gasteiger partial charge in [0.25, 0.3) is 9.88 Å². The van der Waals surface area contributed by atoms with Crippen molar-refractivity contribution in [3.63, 3.8) is 0 Å². The summed E-state index contributed by atoms with van der Waals surface area (Å²) in [6.07, 6.45) is 1.29. The standard InChI is InChI=1S/C12H10N2O8S/c1-23-9(12(21)22)8(11(19)20)5(2-13)10(23)14(3-6(15)16)4-7(17)18/h3-4H2,1H3,(H3-,15,16,17,18,19,20,21,22)/p+1. The first-order valence-corrected chi connectivity index (χ1v) is 7.45. The van der Waals surface area contributed by atoms with Crippen molar-refractivity contribution >= 4 is 39.3 Å². The van der Waals surface area contributed by atoms with Gasteiger partial charge in [0.05, 0.1) is 0 Å². The quantitative estimate of drug-likeness (QED) is 0.500. The minimum Gasteiger partial charge on any atom is -0.480 e. The number of hydrogen-bond acceptors (Lipinski definition) is 6. The van der Waals surface area contributed by atoms with Crippen LogP contribution in [0.4, 0.5) is 5.00 Å². The zero-order valence-electron chi connectivity index (χ0n) is 11.6. The molecule has 0 saturated carbocycles. The molecule has 0 fully saturated rings. The third kappa shape index (κ3) is 3.55. The van der Waals surface area contributed by atoms with Crippen molar-refractivity contribution in [2.24, 2.45) is 6.26 Å². The number of aromatic carboxylic acids is 2. The van der Waals surface area contributed by atoms with Gasteiger partial charge in [0, 0.05) is 10.5 Å². The first-order valence-electron chi connectivity index (χ1n) is 5.81. The van der Waals surface area contributed by atoms with Crippen molar-refractivity contribution in [2.45, 2.75) is 0 Å². The van der Waals surface area contributed by atoms with Gasteiger partial charge < -0.3 is 25.3 Å².